The normalized spacial score (nSPS) is 17.4. The Kier molecular flexibility index (Phi) is 8.05. The maximum atomic E-state index is 14.2. The summed E-state index contributed by atoms with van der Waals surface area (Å²) in [5.74, 6) is -3.82. The summed E-state index contributed by atoms with van der Waals surface area (Å²) in [5.41, 5.74) is -0.581. The molecule has 1 aromatic heterocycles. The topological polar surface area (TPSA) is 110 Å². The standard InChI is InChI=1S/C30H28F2N4O6/c1-18-8-11-22(13-25(37)41-2)36-17-34(18)30(40)26-28(42-16-19-6-4-3-5-7-19)27(38)23(15-35(26)36)29(39)33-14-20-9-10-21(31)12-24(20)32/h3-12,15,18,22H,13-14,16-17H2,1-2H3,(H,33,39)/t18-,22+/m0/s1. The molecule has 2 atom stereocenters. The highest BCUT2D eigenvalue weighted by molar-refractivity contribution is 5.99. The predicted molar refractivity (Wildman–Crippen MR) is 147 cm³/mol. The van der Waals surface area contributed by atoms with Crippen LogP contribution in [-0.4, -0.2) is 53.2 Å². The smallest absolute Gasteiger partial charge is 0.307 e. The van der Waals surface area contributed by atoms with Crippen molar-refractivity contribution in [2.75, 3.05) is 18.8 Å². The van der Waals surface area contributed by atoms with Crippen LogP contribution in [0, 0.1) is 11.6 Å². The zero-order valence-corrected chi connectivity index (χ0v) is 22.9. The summed E-state index contributed by atoms with van der Waals surface area (Å²) in [5, 5.41) is 4.16. The number of aromatic nitrogens is 1. The van der Waals surface area contributed by atoms with Crippen molar-refractivity contribution in [3.63, 3.8) is 0 Å². The van der Waals surface area contributed by atoms with Gasteiger partial charge in [0.2, 0.25) is 5.43 Å². The van der Waals surface area contributed by atoms with E-state index < -0.39 is 40.9 Å². The maximum absolute atomic E-state index is 14.2. The molecule has 2 bridgehead atoms. The number of carbonyl (C=O) groups excluding carboxylic acids is 3. The van der Waals surface area contributed by atoms with E-state index in [1.165, 1.54) is 28.9 Å². The number of halogens is 2. The van der Waals surface area contributed by atoms with Crippen molar-refractivity contribution in [3.8, 4) is 5.75 Å². The number of pyridine rings is 1. The van der Waals surface area contributed by atoms with Crippen LogP contribution in [0.1, 0.15) is 45.3 Å². The third kappa shape index (κ3) is 5.60. The van der Waals surface area contributed by atoms with Gasteiger partial charge in [0.1, 0.15) is 30.5 Å². The molecule has 3 aromatic rings. The second-order valence-corrected chi connectivity index (χ2v) is 9.92. The van der Waals surface area contributed by atoms with Crippen LogP contribution in [0.5, 0.6) is 5.75 Å². The summed E-state index contributed by atoms with van der Waals surface area (Å²) >= 11 is 0. The van der Waals surface area contributed by atoms with Gasteiger partial charge in [0, 0.05) is 30.4 Å². The van der Waals surface area contributed by atoms with Gasteiger partial charge in [-0.05, 0) is 18.6 Å². The van der Waals surface area contributed by atoms with E-state index in [4.69, 9.17) is 9.47 Å². The fourth-order valence-electron chi connectivity index (χ4n) is 4.86. The number of nitrogens with one attached hydrogen (secondary N) is 1. The van der Waals surface area contributed by atoms with E-state index in [9.17, 15) is 28.0 Å². The molecule has 0 saturated heterocycles. The number of fused-ring (bicyclic) bond motifs is 4. The molecular formula is C30H28F2N4O6. The third-order valence-electron chi connectivity index (χ3n) is 7.20. The van der Waals surface area contributed by atoms with E-state index >= 15 is 0 Å². The van der Waals surface area contributed by atoms with Crippen LogP contribution in [0.15, 0.2) is 71.7 Å². The molecule has 0 radical (unpaired) electrons. The number of hydrogen-bond donors (Lipinski definition) is 1. The Morgan fingerprint density at radius 2 is 1.83 bits per heavy atom. The molecule has 2 amide bonds. The molecule has 0 fully saturated rings. The van der Waals surface area contributed by atoms with Crippen molar-refractivity contribution < 1.29 is 32.6 Å². The Balaban J connectivity index is 1.59. The molecule has 0 spiro atoms. The van der Waals surface area contributed by atoms with Gasteiger partial charge in [-0.2, -0.15) is 0 Å². The van der Waals surface area contributed by atoms with Crippen molar-refractivity contribution >= 4 is 17.8 Å². The van der Waals surface area contributed by atoms with Gasteiger partial charge in [-0.1, -0.05) is 48.6 Å². The number of benzene rings is 2. The lowest BCUT2D eigenvalue weighted by Crippen LogP contribution is -2.58. The first-order valence-electron chi connectivity index (χ1n) is 13.2. The van der Waals surface area contributed by atoms with E-state index in [0.717, 1.165) is 11.6 Å². The molecule has 0 unspecified atom stereocenters. The van der Waals surface area contributed by atoms with Crippen LogP contribution in [-0.2, 0) is 22.7 Å². The molecule has 3 heterocycles. The lowest BCUT2D eigenvalue weighted by atomic mass is 10.1. The van der Waals surface area contributed by atoms with Crippen molar-refractivity contribution in [1.82, 2.24) is 14.9 Å². The number of carbonyl (C=O) groups is 3. The lowest BCUT2D eigenvalue weighted by Gasteiger charge is -2.42. The SMILES string of the molecule is COC(=O)C[C@H]1C=C[C@H](C)N2CN1n1cc(C(=O)NCc3ccc(F)cc3F)c(=O)c(OCc3ccccc3)c1C2=O. The molecule has 5 rings (SSSR count). The predicted octanol–water partition coefficient (Wildman–Crippen LogP) is 2.88. The van der Waals surface area contributed by atoms with Gasteiger partial charge < -0.3 is 19.7 Å². The van der Waals surface area contributed by atoms with Crippen LogP contribution in [0.2, 0.25) is 0 Å². The van der Waals surface area contributed by atoms with Crippen LogP contribution in [0.3, 0.4) is 0 Å². The Morgan fingerprint density at radius 3 is 2.55 bits per heavy atom. The largest absolute Gasteiger partial charge is 0.482 e. The fraction of sp³-hybridized carbons (Fsp3) is 0.267. The molecule has 218 valence electrons. The van der Waals surface area contributed by atoms with Crippen LogP contribution < -0.4 is 20.5 Å². The van der Waals surface area contributed by atoms with Crippen LogP contribution >= 0.6 is 0 Å². The third-order valence-corrected chi connectivity index (χ3v) is 7.20. The average molecular weight is 579 g/mol. The second-order valence-electron chi connectivity index (χ2n) is 9.92. The summed E-state index contributed by atoms with van der Waals surface area (Å²) in [6.45, 7) is 1.46. The Hall–Kier alpha value is -5.00. The zero-order chi connectivity index (χ0) is 30.0. The van der Waals surface area contributed by atoms with Gasteiger partial charge in [0.15, 0.2) is 11.4 Å². The van der Waals surface area contributed by atoms with Crippen molar-refractivity contribution in [2.24, 2.45) is 0 Å². The molecule has 2 aliphatic heterocycles. The van der Waals surface area contributed by atoms with Crippen molar-refractivity contribution in [2.45, 2.75) is 38.6 Å². The van der Waals surface area contributed by atoms with E-state index in [0.29, 0.717) is 6.07 Å². The summed E-state index contributed by atoms with van der Waals surface area (Å²) in [7, 11) is 1.27. The molecule has 0 aliphatic carbocycles. The van der Waals surface area contributed by atoms with Crippen molar-refractivity contribution in [3.05, 3.63) is 111 Å². The lowest BCUT2D eigenvalue weighted by molar-refractivity contribution is -0.140. The van der Waals surface area contributed by atoms with Crippen LogP contribution in [0.4, 0.5) is 8.78 Å². The monoisotopic (exact) mass is 578 g/mol. The summed E-state index contributed by atoms with van der Waals surface area (Å²) in [6.07, 6.45) is 4.70. The van der Waals surface area contributed by atoms with Crippen LogP contribution in [0.25, 0.3) is 0 Å². The number of hydrogen-bond acceptors (Lipinski definition) is 7. The number of esters is 1. The molecule has 42 heavy (non-hydrogen) atoms. The minimum absolute atomic E-state index is 0.0129. The van der Waals surface area contributed by atoms with Gasteiger partial charge in [0.05, 0.1) is 19.6 Å². The molecule has 1 N–H and O–H groups in total. The van der Waals surface area contributed by atoms with Gasteiger partial charge in [-0.15, -0.1) is 0 Å². The molecular weight excluding hydrogens is 550 g/mol. The van der Waals surface area contributed by atoms with Gasteiger partial charge in [-0.3, -0.25) is 28.9 Å². The molecule has 2 aromatic carbocycles. The quantitative estimate of drug-likeness (QED) is 0.323. The van der Waals surface area contributed by atoms with Crippen molar-refractivity contribution in [1.29, 1.82) is 0 Å². The minimum Gasteiger partial charge on any atom is -0.482 e. The first-order valence-corrected chi connectivity index (χ1v) is 13.2. The molecule has 0 saturated carbocycles. The number of amides is 2. The Labute approximate surface area is 239 Å². The maximum Gasteiger partial charge on any atom is 0.307 e. The average Bonchev–Trinajstić information content (AvgIpc) is 3.12. The highest BCUT2D eigenvalue weighted by Crippen LogP contribution is 2.28. The van der Waals surface area contributed by atoms with E-state index in [2.05, 4.69) is 5.32 Å². The summed E-state index contributed by atoms with van der Waals surface area (Å²) in [6, 6.07) is 10.9. The fourth-order valence-corrected chi connectivity index (χ4v) is 4.86. The van der Waals surface area contributed by atoms with Gasteiger partial charge in [0.25, 0.3) is 11.8 Å². The first kappa shape index (κ1) is 28.5. The zero-order valence-electron chi connectivity index (χ0n) is 22.9. The van der Waals surface area contributed by atoms with E-state index in [1.807, 2.05) is 13.0 Å². The number of methoxy groups -OCH3 is 1. The van der Waals surface area contributed by atoms with E-state index in [1.54, 1.807) is 41.4 Å². The molecule has 10 nitrogen and oxygen atoms in total. The highest BCUT2D eigenvalue weighted by atomic mass is 19.1. The van der Waals surface area contributed by atoms with Gasteiger partial charge >= 0.3 is 5.97 Å². The highest BCUT2D eigenvalue weighted by Gasteiger charge is 2.40. The molecule has 12 heteroatoms. The number of ether oxygens (including phenoxy) is 2. The summed E-state index contributed by atoms with van der Waals surface area (Å²) in [4.78, 5) is 54.7. The second kappa shape index (κ2) is 11.9. The van der Waals surface area contributed by atoms with E-state index in [-0.39, 0.29) is 54.9 Å². The first-order chi connectivity index (χ1) is 20.2. The number of rotatable bonds is 8. The molecule has 2 aliphatic rings. The van der Waals surface area contributed by atoms with Gasteiger partial charge in [-0.25, -0.2) is 8.78 Å². The minimum atomic E-state index is -0.860. The summed E-state index contributed by atoms with van der Waals surface area (Å²) < 4.78 is 39.7. The Morgan fingerprint density at radius 1 is 1.07 bits per heavy atom. The number of nitrogens with zero attached hydrogens (tertiary/aromatic N) is 3. The Bertz CT molecular complexity index is 1620.